The highest BCUT2D eigenvalue weighted by Gasteiger charge is 2.23. The molecule has 1 unspecified atom stereocenters. The van der Waals surface area contributed by atoms with Gasteiger partial charge in [0.2, 0.25) is 0 Å². The predicted molar refractivity (Wildman–Crippen MR) is 72.3 cm³/mol. The van der Waals surface area contributed by atoms with Gasteiger partial charge in [-0.1, -0.05) is 0 Å². The van der Waals surface area contributed by atoms with Crippen LogP contribution in [0, 0.1) is 17.2 Å². The molecule has 96 valence electrons. The van der Waals surface area contributed by atoms with E-state index in [0.717, 1.165) is 18.9 Å². The molecule has 1 aliphatic heterocycles. The van der Waals surface area contributed by atoms with Gasteiger partial charge in [0.25, 0.3) is 0 Å². The lowest BCUT2D eigenvalue weighted by molar-refractivity contribution is 0.266. The first-order valence-electron chi connectivity index (χ1n) is 6.53. The van der Waals surface area contributed by atoms with Crippen molar-refractivity contribution in [3.05, 3.63) is 23.9 Å². The molecule has 1 aliphatic rings. The van der Waals surface area contributed by atoms with Gasteiger partial charge >= 0.3 is 0 Å². The van der Waals surface area contributed by atoms with Crippen LogP contribution in [-0.4, -0.2) is 35.6 Å². The van der Waals surface area contributed by atoms with Crippen molar-refractivity contribution in [2.45, 2.75) is 26.3 Å². The van der Waals surface area contributed by atoms with E-state index in [1.54, 1.807) is 18.3 Å². The second kappa shape index (κ2) is 5.83. The summed E-state index contributed by atoms with van der Waals surface area (Å²) in [5, 5.41) is 12.2. The second-order valence-corrected chi connectivity index (χ2v) is 5.17. The first-order chi connectivity index (χ1) is 8.69. The van der Waals surface area contributed by atoms with E-state index in [9.17, 15) is 0 Å². The van der Waals surface area contributed by atoms with Gasteiger partial charge in [-0.05, 0) is 44.9 Å². The third-order valence-electron chi connectivity index (χ3n) is 3.51. The van der Waals surface area contributed by atoms with Gasteiger partial charge in [0, 0.05) is 25.3 Å². The Bertz CT molecular complexity index is 436. The molecule has 0 aromatic carbocycles. The fourth-order valence-corrected chi connectivity index (χ4v) is 2.34. The first kappa shape index (κ1) is 12.8. The molecule has 4 nitrogen and oxygen atoms in total. The van der Waals surface area contributed by atoms with Crippen LogP contribution in [0.2, 0.25) is 0 Å². The Labute approximate surface area is 109 Å². The molecule has 2 rings (SSSR count). The van der Waals surface area contributed by atoms with Crippen molar-refractivity contribution in [2.24, 2.45) is 5.92 Å². The second-order valence-electron chi connectivity index (χ2n) is 5.17. The molecule has 1 saturated heterocycles. The first-order valence-corrected chi connectivity index (χ1v) is 6.53. The number of nitriles is 1. The van der Waals surface area contributed by atoms with E-state index in [0.29, 0.717) is 17.5 Å². The zero-order valence-corrected chi connectivity index (χ0v) is 11.1. The Hall–Kier alpha value is -1.60. The van der Waals surface area contributed by atoms with Gasteiger partial charge in [0.1, 0.15) is 5.82 Å². The van der Waals surface area contributed by atoms with Crippen LogP contribution in [-0.2, 0) is 0 Å². The standard InChI is InChI=1S/C14H20N4/c1-11(2)18-6-4-13(10-18)9-17-14-7-12(8-15)3-5-16-14/h3,5,7,11,13H,4,6,9-10H2,1-2H3,(H,16,17). The lowest BCUT2D eigenvalue weighted by atomic mass is 10.1. The van der Waals surface area contributed by atoms with Crippen LogP contribution in [0.1, 0.15) is 25.8 Å². The van der Waals surface area contributed by atoms with E-state index in [2.05, 4.69) is 35.1 Å². The van der Waals surface area contributed by atoms with Gasteiger partial charge < -0.3 is 10.2 Å². The molecule has 2 heterocycles. The van der Waals surface area contributed by atoms with E-state index < -0.39 is 0 Å². The molecule has 1 aromatic rings. The summed E-state index contributed by atoms with van der Waals surface area (Å²) < 4.78 is 0. The zero-order chi connectivity index (χ0) is 13.0. The minimum atomic E-state index is 0.634. The molecule has 18 heavy (non-hydrogen) atoms. The zero-order valence-electron chi connectivity index (χ0n) is 11.1. The normalized spacial score (nSPS) is 20.0. The molecule has 1 fully saturated rings. The lowest BCUT2D eigenvalue weighted by Gasteiger charge is -2.20. The largest absolute Gasteiger partial charge is 0.370 e. The maximum absolute atomic E-state index is 8.83. The van der Waals surface area contributed by atoms with Gasteiger partial charge in [-0.15, -0.1) is 0 Å². The van der Waals surface area contributed by atoms with Gasteiger partial charge in [-0.2, -0.15) is 5.26 Å². The average molecular weight is 244 g/mol. The van der Waals surface area contributed by atoms with Gasteiger partial charge in [0.15, 0.2) is 0 Å². The number of rotatable bonds is 4. The number of hydrogen-bond donors (Lipinski definition) is 1. The number of hydrogen-bond acceptors (Lipinski definition) is 4. The van der Waals surface area contributed by atoms with Crippen molar-refractivity contribution in [1.29, 1.82) is 5.26 Å². The van der Waals surface area contributed by atoms with Gasteiger partial charge in [0.05, 0.1) is 11.6 Å². The minimum Gasteiger partial charge on any atom is -0.370 e. The molecule has 1 aromatic heterocycles. The molecular formula is C14H20N4. The Kier molecular flexibility index (Phi) is 4.16. The molecule has 0 aliphatic carbocycles. The number of nitrogens with zero attached hydrogens (tertiary/aromatic N) is 3. The lowest BCUT2D eigenvalue weighted by Crippen LogP contribution is -2.29. The monoisotopic (exact) mass is 244 g/mol. The SMILES string of the molecule is CC(C)N1CCC(CNc2cc(C#N)ccn2)C1. The Morgan fingerprint density at radius 2 is 2.44 bits per heavy atom. The Morgan fingerprint density at radius 3 is 3.11 bits per heavy atom. The van der Waals surface area contributed by atoms with Crippen LogP contribution >= 0.6 is 0 Å². The van der Waals surface area contributed by atoms with Crippen molar-refractivity contribution in [3.63, 3.8) is 0 Å². The summed E-state index contributed by atoms with van der Waals surface area (Å²) in [6, 6.07) is 6.29. The molecule has 0 saturated carbocycles. The van der Waals surface area contributed by atoms with Gasteiger partial charge in [-0.3, -0.25) is 0 Å². The van der Waals surface area contributed by atoms with Crippen LogP contribution in [0.25, 0.3) is 0 Å². The van der Waals surface area contributed by atoms with Crippen molar-refractivity contribution in [1.82, 2.24) is 9.88 Å². The molecule has 0 bridgehead atoms. The predicted octanol–water partition coefficient (Wildman–Crippen LogP) is 2.10. The van der Waals surface area contributed by atoms with Crippen LogP contribution < -0.4 is 5.32 Å². The van der Waals surface area contributed by atoms with Crippen LogP contribution in [0.5, 0.6) is 0 Å². The summed E-state index contributed by atoms with van der Waals surface area (Å²) in [6.45, 7) is 7.77. The summed E-state index contributed by atoms with van der Waals surface area (Å²) in [5.41, 5.74) is 0.655. The average Bonchev–Trinajstić information content (AvgIpc) is 2.85. The number of anilines is 1. The molecule has 1 atom stereocenters. The maximum atomic E-state index is 8.83. The highest BCUT2D eigenvalue weighted by atomic mass is 15.2. The number of pyridine rings is 1. The van der Waals surface area contributed by atoms with E-state index in [4.69, 9.17) is 5.26 Å². The molecule has 0 spiro atoms. The third-order valence-corrected chi connectivity index (χ3v) is 3.51. The topological polar surface area (TPSA) is 52.0 Å². The Morgan fingerprint density at radius 1 is 1.61 bits per heavy atom. The van der Waals surface area contributed by atoms with Crippen molar-refractivity contribution >= 4 is 5.82 Å². The van der Waals surface area contributed by atoms with Crippen molar-refractivity contribution < 1.29 is 0 Å². The van der Waals surface area contributed by atoms with Crippen molar-refractivity contribution in [3.8, 4) is 6.07 Å². The Balaban J connectivity index is 1.83. The summed E-state index contributed by atoms with van der Waals surface area (Å²) >= 11 is 0. The molecular weight excluding hydrogens is 224 g/mol. The van der Waals surface area contributed by atoms with E-state index in [1.807, 2.05) is 0 Å². The summed E-state index contributed by atoms with van der Waals surface area (Å²) in [4.78, 5) is 6.73. The number of likely N-dealkylation sites (tertiary alicyclic amines) is 1. The summed E-state index contributed by atoms with van der Waals surface area (Å²) in [5.74, 6) is 1.48. The summed E-state index contributed by atoms with van der Waals surface area (Å²) in [6.07, 6.45) is 2.92. The van der Waals surface area contributed by atoms with Crippen molar-refractivity contribution in [2.75, 3.05) is 25.0 Å². The van der Waals surface area contributed by atoms with E-state index in [1.165, 1.54) is 13.0 Å². The molecule has 0 radical (unpaired) electrons. The van der Waals surface area contributed by atoms with Crippen LogP contribution in [0.15, 0.2) is 18.3 Å². The van der Waals surface area contributed by atoms with E-state index >= 15 is 0 Å². The number of aromatic nitrogens is 1. The highest BCUT2D eigenvalue weighted by Crippen LogP contribution is 2.19. The minimum absolute atomic E-state index is 0.634. The van der Waals surface area contributed by atoms with E-state index in [-0.39, 0.29) is 0 Å². The van der Waals surface area contributed by atoms with Gasteiger partial charge in [-0.25, -0.2) is 4.98 Å². The molecule has 0 amide bonds. The molecule has 4 heteroatoms. The third kappa shape index (κ3) is 3.21. The maximum Gasteiger partial charge on any atom is 0.127 e. The van der Waals surface area contributed by atoms with Crippen LogP contribution in [0.3, 0.4) is 0 Å². The fourth-order valence-electron chi connectivity index (χ4n) is 2.34. The number of nitrogens with one attached hydrogen (secondary N) is 1. The quantitative estimate of drug-likeness (QED) is 0.881. The van der Waals surface area contributed by atoms with Crippen LogP contribution in [0.4, 0.5) is 5.82 Å². The smallest absolute Gasteiger partial charge is 0.127 e. The highest BCUT2D eigenvalue weighted by molar-refractivity contribution is 5.42. The molecule has 1 N–H and O–H groups in total. The fraction of sp³-hybridized carbons (Fsp3) is 0.571. The summed E-state index contributed by atoms with van der Waals surface area (Å²) in [7, 11) is 0.